The third kappa shape index (κ3) is 10.1. The molecule has 1 aliphatic rings. The molecular weight excluding hydrogens is 476 g/mol. The van der Waals surface area contributed by atoms with E-state index in [-0.39, 0.29) is 24.9 Å². The third-order valence-electron chi connectivity index (χ3n) is 6.08. The second kappa shape index (κ2) is 14.2. The Morgan fingerprint density at radius 3 is 2.16 bits per heavy atom. The van der Waals surface area contributed by atoms with Crippen molar-refractivity contribution in [2.24, 2.45) is 11.3 Å². The average Bonchev–Trinajstić information content (AvgIpc) is 2.76. The summed E-state index contributed by atoms with van der Waals surface area (Å²) >= 11 is 0. The molecule has 8 nitrogen and oxygen atoms in total. The fraction of sp³-hybridized carbons (Fsp3) is 0.517. The van der Waals surface area contributed by atoms with E-state index in [0.717, 1.165) is 11.1 Å². The van der Waals surface area contributed by atoms with Crippen molar-refractivity contribution in [1.82, 2.24) is 0 Å². The molecule has 0 saturated carbocycles. The second-order valence-electron chi connectivity index (χ2n) is 9.48. The third-order valence-corrected chi connectivity index (χ3v) is 6.08. The molecule has 8 heteroatoms. The van der Waals surface area contributed by atoms with Gasteiger partial charge in [0.1, 0.15) is 18.8 Å². The van der Waals surface area contributed by atoms with Crippen LogP contribution in [0.3, 0.4) is 0 Å². The van der Waals surface area contributed by atoms with Gasteiger partial charge in [-0.25, -0.2) is 0 Å². The van der Waals surface area contributed by atoms with Crippen LogP contribution in [0.25, 0.3) is 0 Å². The monoisotopic (exact) mass is 514 g/mol. The number of carbonyl (C=O) groups excluding carboxylic acids is 4. The lowest BCUT2D eigenvalue weighted by Gasteiger charge is -2.42. The molecule has 0 radical (unpaired) electrons. The number of esters is 4. The van der Waals surface area contributed by atoms with Crippen LogP contribution >= 0.6 is 0 Å². The summed E-state index contributed by atoms with van der Waals surface area (Å²) in [5, 5.41) is 0. The van der Waals surface area contributed by atoms with E-state index in [0.29, 0.717) is 12.0 Å². The standard InChI is InChI=1S/C29H38O8/c1-10-27(36-22(6)32)26-15-14-18(2)25(29(26,8)9)13-11-12-24(35-21(5)31)16-28(37-23(7)33)19(3)17-34-20(4)30/h10,13-14,24,26-28H,1,3,15-17H2,2,4-9H3/b25-13-/t24-,26+,27+,28+/m1/s1. The molecule has 0 N–H and O–H groups in total. The number of hydrogen-bond acceptors (Lipinski definition) is 8. The minimum Gasteiger partial charge on any atom is -0.461 e. The number of allylic oxidation sites excluding steroid dienone is 4. The van der Waals surface area contributed by atoms with Crippen molar-refractivity contribution < 1.29 is 38.1 Å². The summed E-state index contributed by atoms with van der Waals surface area (Å²) < 4.78 is 21.1. The van der Waals surface area contributed by atoms with E-state index in [1.807, 2.05) is 6.92 Å². The predicted octanol–water partition coefficient (Wildman–Crippen LogP) is 4.40. The summed E-state index contributed by atoms with van der Waals surface area (Å²) in [6.07, 6.45) is 3.94. The van der Waals surface area contributed by atoms with Gasteiger partial charge in [0.25, 0.3) is 0 Å². The molecule has 1 rings (SSSR count). The summed E-state index contributed by atoms with van der Waals surface area (Å²) in [5.74, 6) is 3.88. The first kappa shape index (κ1) is 31.4. The first-order chi connectivity index (χ1) is 17.2. The maximum Gasteiger partial charge on any atom is 0.303 e. The fourth-order valence-electron chi connectivity index (χ4n) is 4.27. The molecule has 0 aliphatic heterocycles. The van der Waals surface area contributed by atoms with E-state index in [9.17, 15) is 19.2 Å². The molecule has 0 aromatic carbocycles. The van der Waals surface area contributed by atoms with E-state index in [2.05, 4.69) is 44.9 Å². The maximum atomic E-state index is 11.7. The highest BCUT2D eigenvalue weighted by Gasteiger charge is 2.41. The van der Waals surface area contributed by atoms with E-state index >= 15 is 0 Å². The summed E-state index contributed by atoms with van der Waals surface area (Å²) in [5.41, 5.74) is 1.92. The molecule has 0 unspecified atom stereocenters. The Kier molecular flexibility index (Phi) is 12.1. The minimum absolute atomic E-state index is 0.0151. The lowest BCUT2D eigenvalue weighted by atomic mass is 9.64. The zero-order valence-electron chi connectivity index (χ0n) is 22.8. The van der Waals surface area contributed by atoms with Gasteiger partial charge in [-0.1, -0.05) is 56.6 Å². The molecule has 0 heterocycles. The number of rotatable bonds is 10. The van der Waals surface area contributed by atoms with Gasteiger partial charge in [0.2, 0.25) is 0 Å². The Balaban J connectivity index is 3.28. The van der Waals surface area contributed by atoms with Gasteiger partial charge in [0, 0.05) is 45.6 Å². The van der Waals surface area contributed by atoms with Crippen molar-refractivity contribution in [2.75, 3.05) is 6.61 Å². The van der Waals surface area contributed by atoms with E-state index in [1.54, 1.807) is 12.2 Å². The number of carbonyl (C=O) groups is 4. The highest BCUT2D eigenvalue weighted by Crippen LogP contribution is 2.47. The summed E-state index contributed by atoms with van der Waals surface area (Å²) in [4.78, 5) is 46.1. The zero-order chi connectivity index (χ0) is 28.3. The van der Waals surface area contributed by atoms with Gasteiger partial charge in [-0.3, -0.25) is 19.2 Å². The normalized spacial score (nSPS) is 19.6. The van der Waals surface area contributed by atoms with Gasteiger partial charge in [0.15, 0.2) is 6.10 Å². The lowest BCUT2D eigenvalue weighted by molar-refractivity contribution is -0.150. The van der Waals surface area contributed by atoms with Crippen molar-refractivity contribution >= 4 is 23.9 Å². The van der Waals surface area contributed by atoms with E-state index in [4.69, 9.17) is 18.9 Å². The van der Waals surface area contributed by atoms with Crippen LogP contribution in [0.4, 0.5) is 0 Å². The number of ether oxygens (including phenoxy) is 4. The van der Waals surface area contributed by atoms with Crippen LogP contribution in [0.1, 0.15) is 61.3 Å². The molecule has 0 aromatic heterocycles. The molecule has 202 valence electrons. The number of hydrogen-bond donors (Lipinski definition) is 0. The largest absolute Gasteiger partial charge is 0.461 e. The Morgan fingerprint density at radius 2 is 1.65 bits per heavy atom. The topological polar surface area (TPSA) is 105 Å². The Labute approximate surface area is 219 Å². The van der Waals surface area contributed by atoms with Gasteiger partial charge >= 0.3 is 23.9 Å². The fourth-order valence-corrected chi connectivity index (χ4v) is 4.27. The van der Waals surface area contributed by atoms with Gasteiger partial charge in [-0.2, -0.15) is 0 Å². The van der Waals surface area contributed by atoms with Crippen LogP contribution in [0.5, 0.6) is 0 Å². The predicted molar refractivity (Wildman–Crippen MR) is 139 cm³/mol. The Bertz CT molecular complexity index is 1030. The molecule has 1 aliphatic carbocycles. The first-order valence-corrected chi connectivity index (χ1v) is 12.0. The molecule has 0 spiro atoms. The van der Waals surface area contributed by atoms with Gasteiger partial charge in [-0.15, -0.1) is 0 Å². The van der Waals surface area contributed by atoms with Crippen LogP contribution in [-0.4, -0.2) is 48.8 Å². The van der Waals surface area contributed by atoms with Crippen LogP contribution < -0.4 is 0 Å². The summed E-state index contributed by atoms with van der Waals surface area (Å²) in [6.45, 7) is 18.7. The van der Waals surface area contributed by atoms with Crippen LogP contribution in [0.2, 0.25) is 0 Å². The van der Waals surface area contributed by atoms with Crippen molar-refractivity contribution in [1.29, 1.82) is 0 Å². The van der Waals surface area contributed by atoms with Crippen molar-refractivity contribution in [2.45, 2.75) is 79.6 Å². The summed E-state index contributed by atoms with van der Waals surface area (Å²) in [7, 11) is 0. The average molecular weight is 515 g/mol. The van der Waals surface area contributed by atoms with Gasteiger partial charge in [0.05, 0.1) is 0 Å². The van der Waals surface area contributed by atoms with E-state index in [1.165, 1.54) is 27.7 Å². The molecule has 37 heavy (non-hydrogen) atoms. The zero-order valence-corrected chi connectivity index (χ0v) is 22.8. The Hall–Kier alpha value is -3.60. The molecular formula is C29H38O8. The summed E-state index contributed by atoms with van der Waals surface area (Å²) in [6, 6.07) is 0. The molecule has 0 aromatic rings. The van der Waals surface area contributed by atoms with Crippen molar-refractivity contribution in [3.05, 3.63) is 48.1 Å². The lowest BCUT2D eigenvalue weighted by Crippen LogP contribution is -2.39. The Morgan fingerprint density at radius 1 is 1.05 bits per heavy atom. The van der Waals surface area contributed by atoms with Crippen molar-refractivity contribution in [3.8, 4) is 11.8 Å². The second-order valence-corrected chi connectivity index (χ2v) is 9.48. The van der Waals surface area contributed by atoms with E-state index < -0.39 is 41.6 Å². The molecule has 4 atom stereocenters. The molecule has 0 bridgehead atoms. The van der Waals surface area contributed by atoms with Crippen LogP contribution in [0, 0.1) is 23.2 Å². The first-order valence-electron chi connectivity index (χ1n) is 12.0. The quantitative estimate of drug-likeness (QED) is 0.183. The van der Waals surface area contributed by atoms with Crippen LogP contribution in [0.15, 0.2) is 48.1 Å². The highest BCUT2D eigenvalue weighted by atomic mass is 16.6. The van der Waals surface area contributed by atoms with Gasteiger partial charge < -0.3 is 18.9 Å². The highest BCUT2D eigenvalue weighted by molar-refractivity contribution is 5.68. The van der Waals surface area contributed by atoms with Crippen LogP contribution in [-0.2, 0) is 38.1 Å². The maximum absolute atomic E-state index is 11.7. The SMILES string of the molecule is C=C[C@H](OC(C)=O)[C@@H]1CC=C(C)/C(=C/C#C[C@H](C[C@H](OC(C)=O)C(=C)COC(C)=O)OC(C)=O)C1(C)C. The molecule has 0 saturated heterocycles. The molecule has 0 amide bonds. The van der Waals surface area contributed by atoms with Crippen molar-refractivity contribution in [3.63, 3.8) is 0 Å². The molecule has 0 fully saturated rings. The smallest absolute Gasteiger partial charge is 0.303 e. The van der Waals surface area contributed by atoms with Gasteiger partial charge in [-0.05, 0) is 30.4 Å². The minimum atomic E-state index is -0.915.